The fourth-order valence-electron chi connectivity index (χ4n) is 2.30. The number of aliphatic imine (C=N–C) groups is 1. The molecule has 0 aliphatic heterocycles. The van der Waals surface area contributed by atoms with E-state index in [1.54, 1.807) is 7.05 Å². The van der Waals surface area contributed by atoms with E-state index in [-0.39, 0.29) is 29.4 Å². The molecule has 2 rings (SSSR count). The molecule has 25 heavy (non-hydrogen) atoms. The Hall–Kier alpha value is -1.57. The fourth-order valence-corrected chi connectivity index (χ4v) is 2.30. The fraction of sp³-hybridized carbons (Fsp3) is 0.474. The summed E-state index contributed by atoms with van der Waals surface area (Å²) in [6.45, 7) is 11.7. The van der Waals surface area contributed by atoms with Crippen molar-refractivity contribution in [2.75, 3.05) is 7.05 Å². The van der Waals surface area contributed by atoms with Crippen molar-refractivity contribution in [3.05, 3.63) is 52.7 Å². The second kappa shape index (κ2) is 9.22. The van der Waals surface area contributed by atoms with Gasteiger partial charge in [0, 0.05) is 13.6 Å². The molecule has 0 bridgehead atoms. The van der Waals surface area contributed by atoms with Crippen LogP contribution in [-0.2, 0) is 18.5 Å². The molecule has 6 heteroatoms. The zero-order chi connectivity index (χ0) is 17.7. The number of hydrogen-bond donors (Lipinski definition) is 2. The van der Waals surface area contributed by atoms with Gasteiger partial charge >= 0.3 is 0 Å². The number of benzene rings is 1. The van der Waals surface area contributed by atoms with Gasteiger partial charge in [-0.3, -0.25) is 4.99 Å². The molecule has 1 aromatic carbocycles. The highest BCUT2D eigenvalue weighted by atomic mass is 127. The van der Waals surface area contributed by atoms with Gasteiger partial charge in [0.15, 0.2) is 5.96 Å². The van der Waals surface area contributed by atoms with Gasteiger partial charge in [0.1, 0.15) is 5.76 Å². The van der Waals surface area contributed by atoms with Gasteiger partial charge in [-0.15, -0.1) is 24.0 Å². The normalized spacial score (nSPS) is 11.8. The lowest BCUT2D eigenvalue weighted by atomic mass is 9.87. The second-order valence-electron chi connectivity index (χ2n) is 6.98. The van der Waals surface area contributed by atoms with Crippen LogP contribution in [0.25, 0.3) is 0 Å². The van der Waals surface area contributed by atoms with Crippen molar-refractivity contribution in [1.29, 1.82) is 0 Å². The quantitative estimate of drug-likeness (QED) is 0.414. The van der Waals surface area contributed by atoms with Crippen LogP contribution in [0.1, 0.15) is 49.2 Å². The minimum atomic E-state index is 0. The zero-order valence-corrected chi connectivity index (χ0v) is 18.3. The molecule has 2 aromatic rings. The summed E-state index contributed by atoms with van der Waals surface area (Å²) in [5.74, 6) is 2.25. The van der Waals surface area contributed by atoms with E-state index in [9.17, 15) is 0 Å². The summed E-state index contributed by atoms with van der Waals surface area (Å²) >= 11 is 0. The van der Waals surface area contributed by atoms with E-state index in [0.717, 1.165) is 17.4 Å². The summed E-state index contributed by atoms with van der Waals surface area (Å²) in [6.07, 6.45) is 0. The average Bonchev–Trinajstić information content (AvgIpc) is 2.85. The molecule has 2 N–H and O–H groups in total. The van der Waals surface area contributed by atoms with Crippen LogP contribution in [0.4, 0.5) is 0 Å². The summed E-state index contributed by atoms with van der Waals surface area (Å²) < 4.78 is 5.56. The van der Waals surface area contributed by atoms with Crippen LogP contribution in [0.5, 0.6) is 0 Å². The Morgan fingerprint density at radius 3 is 2.16 bits per heavy atom. The standard InChI is InChI=1S/C19H28N4O.HI/c1-13-14(2)24-17(23-13)12-22-18(20-6)21-11-15-7-9-16(10-8-15)19(3,4)5;/h7-10H,11-12H2,1-6H3,(H2,20,21,22);1H. The smallest absolute Gasteiger partial charge is 0.214 e. The van der Waals surface area contributed by atoms with E-state index >= 15 is 0 Å². The van der Waals surface area contributed by atoms with Crippen molar-refractivity contribution < 1.29 is 4.42 Å². The molecule has 0 saturated carbocycles. The topological polar surface area (TPSA) is 62.5 Å². The number of aromatic nitrogens is 1. The number of oxazole rings is 1. The third-order valence-corrected chi connectivity index (χ3v) is 3.98. The van der Waals surface area contributed by atoms with Crippen molar-refractivity contribution in [3.8, 4) is 0 Å². The van der Waals surface area contributed by atoms with Gasteiger partial charge in [0.25, 0.3) is 0 Å². The number of rotatable bonds is 4. The van der Waals surface area contributed by atoms with Crippen LogP contribution in [0, 0.1) is 13.8 Å². The molecule has 1 aromatic heterocycles. The van der Waals surface area contributed by atoms with Crippen molar-refractivity contribution in [1.82, 2.24) is 15.6 Å². The summed E-state index contributed by atoms with van der Waals surface area (Å²) in [6, 6.07) is 8.68. The molecular weight excluding hydrogens is 427 g/mol. The first-order valence-electron chi connectivity index (χ1n) is 8.26. The van der Waals surface area contributed by atoms with E-state index in [4.69, 9.17) is 4.42 Å². The average molecular weight is 456 g/mol. The zero-order valence-electron chi connectivity index (χ0n) is 15.9. The molecule has 1 heterocycles. The molecule has 0 amide bonds. The van der Waals surface area contributed by atoms with Gasteiger partial charge in [-0.2, -0.15) is 0 Å². The van der Waals surface area contributed by atoms with E-state index in [1.807, 2.05) is 13.8 Å². The number of hydrogen-bond acceptors (Lipinski definition) is 3. The molecule has 0 atom stereocenters. The third kappa shape index (κ3) is 6.34. The molecular formula is C19H29IN4O. The summed E-state index contributed by atoms with van der Waals surface area (Å²) in [5.41, 5.74) is 3.65. The summed E-state index contributed by atoms with van der Waals surface area (Å²) in [4.78, 5) is 8.58. The first-order chi connectivity index (χ1) is 11.3. The Kier molecular flexibility index (Phi) is 7.92. The Labute approximate surface area is 167 Å². The van der Waals surface area contributed by atoms with Crippen molar-refractivity contribution >= 4 is 29.9 Å². The first kappa shape index (κ1) is 21.5. The molecule has 0 aliphatic rings. The van der Waals surface area contributed by atoms with E-state index in [2.05, 4.69) is 65.6 Å². The maximum absolute atomic E-state index is 5.56. The van der Waals surface area contributed by atoms with Crippen molar-refractivity contribution in [2.45, 2.75) is 53.1 Å². The highest BCUT2D eigenvalue weighted by Gasteiger charge is 2.12. The van der Waals surface area contributed by atoms with Crippen LogP contribution in [0.2, 0.25) is 0 Å². The summed E-state index contributed by atoms with van der Waals surface area (Å²) in [7, 11) is 1.75. The van der Waals surface area contributed by atoms with Crippen molar-refractivity contribution in [2.24, 2.45) is 4.99 Å². The van der Waals surface area contributed by atoms with Gasteiger partial charge in [-0.05, 0) is 30.4 Å². The van der Waals surface area contributed by atoms with Crippen LogP contribution in [-0.4, -0.2) is 18.0 Å². The van der Waals surface area contributed by atoms with Crippen LogP contribution < -0.4 is 10.6 Å². The number of aryl methyl sites for hydroxylation is 2. The molecule has 0 unspecified atom stereocenters. The lowest BCUT2D eigenvalue weighted by Gasteiger charge is -2.19. The Bertz CT molecular complexity index is 680. The first-order valence-corrected chi connectivity index (χ1v) is 8.26. The Balaban J connectivity index is 0.00000312. The molecule has 5 nitrogen and oxygen atoms in total. The number of nitrogens with zero attached hydrogens (tertiary/aromatic N) is 2. The van der Waals surface area contributed by atoms with E-state index in [1.165, 1.54) is 11.1 Å². The SMILES string of the molecule is CN=C(NCc1ccc(C(C)(C)C)cc1)NCc1nc(C)c(C)o1.I. The van der Waals surface area contributed by atoms with Gasteiger partial charge in [0.2, 0.25) is 5.89 Å². The Morgan fingerprint density at radius 2 is 1.68 bits per heavy atom. The molecule has 138 valence electrons. The third-order valence-electron chi connectivity index (χ3n) is 3.98. The minimum Gasteiger partial charge on any atom is -0.444 e. The predicted molar refractivity (Wildman–Crippen MR) is 114 cm³/mol. The lowest BCUT2D eigenvalue weighted by molar-refractivity contribution is 0.463. The number of nitrogens with one attached hydrogen (secondary N) is 2. The molecule has 0 radical (unpaired) electrons. The van der Waals surface area contributed by atoms with Gasteiger partial charge < -0.3 is 15.1 Å². The molecule has 0 aliphatic carbocycles. The molecule has 0 saturated heterocycles. The van der Waals surface area contributed by atoms with Crippen LogP contribution >= 0.6 is 24.0 Å². The monoisotopic (exact) mass is 456 g/mol. The van der Waals surface area contributed by atoms with Crippen LogP contribution in [0.15, 0.2) is 33.7 Å². The molecule has 0 spiro atoms. The maximum Gasteiger partial charge on any atom is 0.214 e. The Morgan fingerprint density at radius 1 is 1.08 bits per heavy atom. The maximum atomic E-state index is 5.56. The predicted octanol–water partition coefficient (Wildman–Crippen LogP) is 4.07. The minimum absolute atomic E-state index is 0. The highest BCUT2D eigenvalue weighted by molar-refractivity contribution is 14.0. The van der Waals surface area contributed by atoms with Gasteiger partial charge in [-0.1, -0.05) is 45.0 Å². The van der Waals surface area contributed by atoms with Crippen LogP contribution in [0.3, 0.4) is 0 Å². The second-order valence-corrected chi connectivity index (χ2v) is 6.98. The van der Waals surface area contributed by atoms with Gasteiger partial charge in [-0.25, -0.2) is 4.98 Å². The molecule has 0 fully saturated rings. The number of halogens is 1. The largest absolute Gasteiger partial charge is 0.444 e. The summed E-state index contributed by atoms with van der Waals surface area (Å²) in [5, 5.41) is 6.52. The van der Waals surface area contributed by atoms with Crippen molar-refractivity contribution in [3.63, 3.8) is 0 Å². The van der Waals surface area contributed by atoms with E-state index < -0.39 is 0 Å². The number of guanidine groups is 1. The van der Waals surface area contributed by atoms with E-state index in [0.29, 0.717) is 19.0 Å². The van der Waals surface area contributed by atoms with Gasteiger partial charge in [0.05, 0.1) is 12.2 Å². The highest BCUT2D eigenvalue weighted by Crippen LogP contribution is 2.22. The lowest BCUT2D eigenvalue weighted by Crippen LogP contribution is -2.36.